The maximum absolute atomic E-state index is 12.4. The molecule has 1 aliphatic heterocycles. The first kappa shape index (κ1) is 22.9. The fourth-order valence-corrected chi connectivity index (χ4v) is 3.89. The molecule has 0 aliphatic carbocycles. The smallest absolute Gasteiger partial charge is 0.255 e. The second kappa shape index (κ2) is 10.2. The lowest BCUT2D eigenvalue weighted by molar-refractivity contribution is 0.0944. The van der Waals surface area contributed by atoms with E-state index in [0.717, 1.165) is 26.1 Å². The highest BCUT2D eigenvalue weighted by molar-refractivity contribution is 7.10. The summed E-state index contributed by atoms with van der Waals surface area (Å²) in [7, 11) is 1.51. The Morgan fingerprint density at radius 2 is 2.19 bits per heavy atom. The first-order valence-corrected chi connectivity index (χ1v) is 9.03. The molecule has 5 nitrogen and oxygen atoms in total. The predicted octanol–water partition coefficient (Wildman–Crippen LogP) is 3.62. The van der Waals surface area contributed by atoms with Gasteiger partial charge in [-0.2, -0.15) is 0 Å². The zero-order valence-corrected chi connectivity index (χ0v) is 17.5. The molecule has 3 N–H and O–H groups in total. The van der Waals surface area contributed by atoms with Crippen LogP contribution in [0, 0.1) is 0 Å². The Bertz CT molecular complexity index is 755. The number of hydrogen-bond donors (Lipinski definition) is 2. The predicted molar refractivity (Wildman–Crippen MR) is 113 cm³/mol. The van der Waals surface area contributed by atoms with Gasteiger partial charge >= 0.3 is 0 Å². The number of fused-ring (bicyclic) bond motifs is 1. The molecule has 1 aromatic heterocycles. The number of benzene rings is 1. The summed E-state index contributed by atoms with van der Waals surface area (Å²) in [6.45, 7) is 3.36. The lowest BCUT2D eigenvalue weighted by atomic mass is 10.1. The SMILES string of the molecule is COc1cc(N)c(Cl)cc1C(=O)NCCN1CCc2sccc2C1.Cl.Cl. The maximum Gasteiger partial charge on any atom is 0.255 e. The fourth-order valence-electron chi connectivity index (χ4n) is 2.84. The van der Waals surface area contributed by atoms with Gasteiger partial charge in [-0.25, -0.2) is 0 Å². The minimum atomic E-state index is -0.206. The van der Waals surface area contributed by atoms with Crippen molar-refractivity contribution in [2.75, 3.05) is 32.5 Å². The molecule has 1 amide bonds. The summed E-state index contributed by atoms with van der Waals surface area (Å²) in [5.74, 6) is 0.220. The Balaban J connectivity index is 0.00000169. The molecule has 2 aromatic rings. The van der Waals surface area contributed by atoms with Crippen molar-refractivity contribution < 1.29 is 9.53 Å². The van der Waals surface area contributed by atoms with Crippen LogP contribution < -0.4 is 15.8 Å². The van der Waals surface area contributed by atoms with Gasteiger partial charge in [0, 0.05) is 37.1 Å². The van der Waals surface area contributed by atoms with Crippen LogP contribution in [0.25, 0.3) is 0 Å². The Kier molecular flexibility index (Phi) is 9.00. The number of nitrogens with one attached hydrogen (secondary N) is 1. The Hall–Kier alpha value is -1.18. The van der Waals surface area contributed by atoms with Crippen LogP contribution >= 0.6 is 47.8 Å². The van der Waals surface area contributed by atoms with Gasteiger partial charge in [-0.3, -0.25) is 9.69 Å². The second-order valence-corrected chi connectivity index (χ2v) is 7.13. The number of carbonyl (C=O) groups excluding carboxylic acids is 1. The quantitative estimate of drug-likeness (QED) is 0.700. The molecule has 0 radical (unpaired) electrons. The second-order valence-electron chi connectivity index (χ2n) is 5.73. The first-order valence-electron chi connectivity index (χ1n) is 7.77. The van der Waals surface area contributed by atoms with E-state index in [4.69, 9.17) is 22.1 Å². The van der Waals surface area contributed by atoms with Crippen molar-refractivity contribution in [1.29, 1.82) is 0 Å². The monoisotopic (exact) mass is 437 g/mol. The molecule has 0 fully saturated rings. The zero-order valence-electron chi connectivity index (χ0n) is 14.3. The summed E-state index contributed by atoms with van der Waals surface area (Å²) in [6, 6.07) is 5.30. The molecule has 144 valence electrons. The van der Waals surface area contributed by atoms with Crippen LogP contribution in [0.5, 0.6) is 5.75 Å². The zero-order chi connectivity index (χ0) is 17.1. The number of ether oxygens (including phenoxy) is 1. The Morgan fingerprint density at radius 3 is 2.92 bits per heavy atom. The van der Waals surface area contributed by atoms with Crippen LogP contribution in [0.1, 0.15) is 20.8 Å². The number of nitrogens with two attached hydrogens (primary N) is 1. The molecular formula is C17H22Cl3N3O2S. The number of nitrogen functional groups attached to an aromatic ring is 1. The number of methoxy groups -OCH3 is 1. The van der Waals surface area contributed by atoms with Gasteiger partial charge in [-0.15, -0.1) is 36.2 Å². The topological polar surface area (TPSA) is 67.6 Å². The summed E-state index contributed by atoms with van der Waals surface area (Å²) in [4.78, 5) is 16.2. The van der Waals surface area contributed by atoms with E-state index in [-0.39, 0.29) is 30.7 Å². The van der Waals surface area contributed by atoms with Gasteiger partial charge in [0.2, 0.25) is 0 Å². The highest BCUT2D eigenvalue weighted by Gasteiger charge is 2.18. The number of halogens is 3. The Labute approximate surface area is 174 Å². The van der Waals surface area contributed by atoms with E-state index in [1.54, 1.807) is 12.1 Å². The van der Waals surface area contributed by atoms with Crippen molar-refractivity contribution in [2.45, 2.75) is 13.0 Å². The minimum absolute atomic E-state index is 0. The molecule has 0 spiro atoms. The van der Waals surface area contributed by atoms with Crippen molar-refractivity contribution in [2.24, 2.45) is 0 Å². The number of anilines is 1. The maximum atomic E-state index is 12.4. The van der Waals surface area contributed by atoms with Crippen LogP contribution in [-0.4, -0.2) is 37.6 Å². The molecular weight excluding hydrogens is 417 g/mol. The van der Waals surface area contributed by atoms with E-state index in [9.17, 15) is 4.79 Å². The van der Waals surface area contributed by atoms with Gasteiger partial charge in [0.05, 0.1) is 23.4 Å². The molecule has 0 saturated carbocycles. The van der Waals surface area contributed by atoms with Crippen molar-refractivity contribution in [3.05, 3.63) is 44.6 Å². The van der Waals surface area contributed by atoms with Gasteiger partial charge in [0.15, 0.2) is 0 Å². The van der Waals surface area contributed by atoms with Gasteiger partial charge in [0.1, 0.15) is 5.75 Å². The molecule has 0 unspecified atom stereocenters. The molecule has 1 aliphatic rings. The third-order valence-corrected chi connectivity index (χ3v) is 5.51. The summed E-state index contributed by atoms with van der Waals surface area (Å²) < 4.78 is 5.22. The largest absolute Gasteiger partial charge is 0.496 e. The van der Waals surface area contributed by atoms with Crippen LogP contribution in [0.15, 0.2) is 23.6 Å². The number of hydrogen-bond acceptors (Lipinski definition) is 5. The van der Waals surface area contributed by atoms with E-state index < -0.39 is 0 Å². The fraction of sp³-hybridized carbons (Fsp3) is 0.353. The van der Waals surface area contributed by atoms with E-state index in [1.165, 1.54) is 17.6 Å². The summed E-state index contributed by atoms with van der Waals surface area (Å²) >= 11 is 7.84. The molecule has 3 rings (SSSR count). The standard InChI is InChI=1S/C17H20ClN3O2S.2ClH/c1-23-15-9-14(19)13(18)8-12(15)17(22)20-4-6-21-5-2-16-11(10-21)3-7-24-16;;/h3,7-9H,2,4-6,10,19H2,1H3,(H,20,22);2*1H. The lowest BCUT2D eigenvalue weighted by Crippen LogP contribution is -2.37. The molecule has 0 atom stereocenters. The van der Waals surface area contributed by atoms with Gasteiger partial charge in [-0.05, 0) is 29.5 Å². The van der Waals surface area contributed by atoms with Crippen molar-refractivity contribution in [3.8, 4) is 5.75 Å². The lowest BCUT2D eigenvalue weighted by Gasteiger charge is -2.26. The third-order valence-electron chi connectivity index (χ3n) is 4.16. The summed E-state index contributed by atoms with van der Waals surface area (Å²) in [5.41, 5.74) is 7.94. The van der Waals surface area contributed by atoms with Crippen LogP contribution in [0.4, 0.5) is 5.69 Å². The van der Waals surface area contributed by atoms with Crippen LogP contribution in [0.3, 0.4) is 0 Å². The molecule has 0 saturated heterocycles. The van der Waals surface area contributed by atoms with Crippen LogP contribution in [0.2, 0.25) is 5.02 Å². The summed E-state index contributed by atoms with van der Waals surface area (Å²) in [6.07, 6.45) is 1.09. The van der Waals surface area contributed by atoms with E-state index in [2.05, 4.69) is 21.7 Å². The molecule has 26 heavy (non-hydrogen) atoms. The normalized spacial score (nSPS) is 13.2. The first-order chi connectivity index (χ1) is 11.6. The highest BCUT2D eigenvalue weighted by Crippen LogP contribution is 2.28. The molecule has 0 bridgehead atoms. The molecule has 9 heteroatoms. The number of amides is 1. The van der Waals surface area contributed by atoms with E-state index in [1.807, 2.05) is 11.3 Å². The van der Waals surface area contributed by atoms with Crippen molar-refractivity contribution >= 4 is 59.3 Å². The van der Waals surface area contributed by atoms with Crippen molar-refractivity contribution in [1.82, 2.24) is 10.2 Å². The molecule has 2 heterocycles. The van der Waals surface area contributed by atoms with Gasteiger partial charge < -0.3 is 15.8 Å². The van der Waals surface area contributed by atoms with E-state index >= 15 is 0 Å². The number of rotatable bonds is 5. The van der Waals surface area contributed by atoms with Gasteiger partial charge in [-0.1, -0.05) is 11.6 Å². The van der Waals surface area contributed by atoms with Crippen LogP contribution in [-0.2, 0) is 13.0 Å². The highest BCUT2D eigenvalue weighted by atomic mass is 35.5. The third kappa shape index (κ3) is 5.18. The Morgan fingerprint density at radius 1 is 1.42 bits per heavy atom. The number of carbonyl (C=O) groups is 1. The van der Waals surface area contributed by atoms with Gasteiger partial charge in [0.25, 0.3) is 5.91 Å². The average molecular weight is 439 g/mol. The number of thiophene rings is 1. The summed E-state index contributed by atoms with van der Waals surface area (Å²) in [5, 5.41) is 5.42. The minimum Gasteiger partial charge on any atom is -0.496 e. The molecule has 1 aromatic carbocycles. The number of nitrogens with zero attached hydrogens (tertiary/aromatic N) is 1. The average Bonchev–Trinajstić information content (AvgIpc) is 3.04. The van der Waals surface area contributed by atoms with Crippen molar-refractivity contribution in [3.63, 3.8) is 0 Å². The van der Waals surface area contributed by atoms with E-state index in [0.29, 0.717) is 28.6 Å².